The Hall–Kier alpha value is -1.09. The van der Waals surface area contributed by atoms with Crippen molar-refractivity contribution >= 4 is 17.6 Å². The molecule has 0 bridgehead atoms. The summed E-state index contributed by atoms with van der Waals surface area (Å²) in [4.78, 5) is 11.2. The first-order chi connectivity index (χ1) is 7.04. The molecule has 0 radical (unpaired) electrons. The molecule has 0 amide bonds. The SMILES string of the molecule is CCOC(=O)Cc1cc(F)c(Cl)cc1C. The minimum Gasteiger partial charge on any atom is -0.466 e. The third-order valence-electron chi connectivity index (χ3n) is 2.02. The Kier molecular flexibility index (Phi) is 4.09. The highest BCUT2D eigenvalue weighted by Crippen LogP contribution is 2.20. The van der Waals surface area contributed by atoms with Crippen molar-refractivity contribution in [1.82, 2.24) is 0 Å². The van der Waals surface area contributed by atoms with E-state index in [2.05, 4.69) is 0 Å². The number of benzene rings is 1. The van der Waals surface area contributed by atoms with Crippen LogP contribution in [0.25, 0.3) is 0 Å². The number of halogens is 2. The van der Waals surface area contributed by atoms with Gasteiger partial charge in [0.1, 0.15) is 5.82 Å². The van der Waals surface area contributed by atoms with Crippen LogP contribution in [0.3, 0.4) is 0 Å². The summed E-state index contributed by atoms with van der Waals surface area (Å²) in [5, 5.41) is 0.0695. The van der Waals surface area contributed by atoms with Gasteiger partial charge < -0.3 is 4.74 Å². The van der Waals surface area contributed by atoms with Crippen LogP contribution in [-0.4, -0.2) is 12.6 Å². The molecule has 15 heavy (non-hydrogen) atoms. The van der Waals surface area contributed by atoms with E-state index in [1.54, 1.807) is 13.8 Å². The first-order valence-electron chi connectivity index (χ1n) is 4.64. The molecule has 0 aliphatic carbocycles. The normalized spacial score (nSPS) is 10.1. The zero-order chi connectivity index (χ0) is 11.4. The van der Waals surface area contributed by atoms with Crippen molar-refractivity contribution in [2.24, 2.45) is 0 Å². The number of rotatable bonds is 3. The Morgan fingerprint density at radius 2 is 2.20 bits per heavy atom. The number of esters is 1. The molecular weight excluding hydrogens is 219 g/mol. The van der Waals surface area contributed by atoms with Crippen molar-refractivity contribution in [2.75, 3.05) is 6.61 Å². The maximum Gasteiger partial charge on any atom is 0.310 e. The van der Waals surface area contributed by atoms with Gasteiger partial charge in [-0.3, -0.25) is 4.79 Å². The molecule has 0 saturated carbocycles. The van der Waals surface area contributed by atoms with Gasteiger partial charge >= 0.3 is 5.97 Å². The fraction of sp³-hybridized carbons (Fsp3) is 0.364. The van der Waals surface area contributed by atoms with Gasteiger partial charge in [-0.25, -0.2) is 4.39 Å². The summed E-state index contributed by atoms with van der Waals surface area (Å²) in [5.41, 5.74) is 1.39. The fourth-order valence-electron chi connectivity index (χ4n) is 1.25. The van der Waals surface area contributed by atoms with Crippen molar-refractivity contribution in [3.05, 3.63) is 34.1 Å². The van der Waals surface area contributed by atoms with Crippen LogP contribution in [0.2, 0.25) is 5.02 Å². The van der Waals surface area contributed by atoms with Crippen molar-refractivity contribution in [1.29, 1.82) is 0 Å². The summed E-state index contributed by atoms with van der Waals surface area (Å²) < 4.78 is 17.9. The second-order valence-electron chi connectivity index (χ2n) is 3.17. The first kappa shape index (κ1) is 12.0. The molecule has 0 unspecified atom stereocenters. The van der Waals surface area contributed by atoms with Crippen LogP contribution in [0.5, 0.6) is 0 Å². The number of carbonyl (C=O) groups is 1. The van der Waals surface area contributed by atoms with Crippen molar-refractivity contribution in [3.8, 4) is 0 Å². The number of carbonyl (C=O) groups excluding carboxylic acids is 1. The van der Waals surface area contributed by atoms with Gasteiger partial charge in [-0.2, -0.15) is 0 Å². The summed E-state index contributed by atoms with van der Waals surface area (Å²) >= 11 is 5.59. The van der Waals surface area contributed by atoms with Crippen LogP contribution in [-0.2, 0) is 16.0 Å². The molecule has 0 saturated heterocycles. The number of ether oxygens (including phenoxy) is 1. The molecule has 1 rings (SSSR count). The van der Waals surface area contributed by atoms with Gasteiger partial charge in [-0.05, 0) is 37.1 Å². The standard InChI is InChI=1S/C11H12ClFO2/c1-3-15-11(14)6-8-5-10(13)9(12)4-7(8)2/h4-5H,3,6H2,1-2H3. The quantitative estimate of drug-likeness (QED) is 0.747. The molecule has 1 aromatic rings. The summed E-state index contributed by atoms with van der Waals surface area (Å²) in [6, 6.07) is 2.78. The van der Waals surface area contributed by atoms with Gasteiger partial charge in [0.25, 0.3) is 0 Å². The van der Waals surface area contributed by atoms with E-state index in [0.717, 1.165) is 5.56 Å². The third kappa shape index (κ3) is 3.20. The maximum absolute atomic E-state index is 13.1. The lowest BCUT2D eigenvalue weighted by atomic mass is 10.1. The predicted molar refractivity (Wildman–Crippen MR) is 56.5 cm³/mol. The van der Waals surface area contributed by atoms with E-state index in [0.29, 0.717) is 12.2 Å². The Morgan fingerprint density at radius 3 is 2.80 bits per heavy atom. The average Bonchev–Trinajstić information content (AvgIpc) is 2.14. The van der Waals surface area contributed by atoms with Gasteiger partial charge in [0.15, 0.2) is 0 Å². The zero-order valence-electron chi connectivity index (χ0n) is 8.64. The molecule has 0 aliphatic heterocycles. The van der Waals surface area contributed by atoms with E-state index in [9.17, 15) is 9.18 Å². The predicted octanol–water partition coefficient (Wildman–Crippen LogP) is 2.89. The first-order valence-corrected chi connectivity index (χ1v) is 5.02. The van der Waals surface area contributed by atoms with Crippen LogP contribution in [0.15, 0.2) is 12.1 Å². The summed E-state index contributed by atoms with van der Waals surface area (Å²) in [7, 11) is 0. The third-order valence-corrected chi connectivity index (χ3v) is 2.31. The lowest BCUT2D eigenvalue weighted by molar-refractivity contribution is -0.142. The van der Waals surface area contributed by atoms with Crippen LogP contribution in [0, 0.1) is 12.7 Å². The molecule has 0 fully saturated rings. The van der Waals surface area contributed by atoms with E-state index < -0.39 is 5.82 Å². The van der Waals surface area contributed by atoms with Gasteiger partial charge in [-0.1, -0.05) is 11.6 Å². The Bertz CT molecular complexity index is 377. The summed E-state index contributed by atoms with van der Waals surface area (Å²) in [5.74, 6) is -0.871. The lowest BCUT2D eigenvalue weighted by Crippen LogP contribution is -2.08. The second kappa shape index (κ2) is 5.12. The summed E-state index contributed by atoms with van der Waals surface area (Å²) in [6.07, 6.45) is 0.0771. The van der Waals surface area contributed by atoms with Gasteiger partial charge in [0.2, 0.25) is 0 Å². The number of aryl methyl sites for hydroxylation is 1. The van der Waals surface area contributed by atoms with Crippen LogP contribution < -0.4 is 0 Å². The number of hydrogen-bond acceptors (Lipinski definition) is 2. The molecule has 0 N–H and O–H groups in total. The summed E-state index contributed by atoms with van der Waals surface area (Å²) in [6.45, 7) is 3.83. The minimum atomic E-state index is -0.512. The molecule has 0 spiro atoms. The largest absolute Gasteiger partial charge is 0.466 e. The van der Waals surface area contributed by atoms with Crippen LogP contribution in [0.4, 0.5) is 4.39 Å². The fourth-order valence-corrected chi connectivity index (χ4v) is 1.46. The molecule has 0 aliphatic rings. The molecule has 0 atom stereocenters. The second-order valence-corrected chi connectivity index (χ2v) is 3.58. The molecule has 2 nitrogen and oxygen atoms in total. The average molecular weight is 231 g/mol. The molecule has 1 aromatic carbocycles. The van der Waals surface area contributed by atoms with E-state index >= 15 is 0 Å². The monoisotopic (exact) mass is 230 g/mol. The zero-order valence-corrected chi connectivity index (χ0v) is 9.40. The Balaban J connectivity index is 2.86. The maximum atomic E-state index is 13.1. The lowest BCUT2D eigenvalue weighted by Gasteiger charge is -2.06. The highest BCUT2D eigenvalue weighted by molar-refractivity contribution is 6.30. The highest BCUT2D eigenvalue weighted by atomic mass is 35.5. The van der Waals surface area contributed by atoms with Crippen molar-refractivity contribution in [2.45, 2.75) is 20.3 Å². The molecule has 4 heteroatoms. The van der Waals surface area contributed by atoms with Crippen molar-refractivity contribution < 1.29 is 13.9 Å². The van der Waals surface area contributed by atoms with E-state index in [1.165, 1.54) is 12.1 Å². The van der Waals surface area contributed by atoms with Gasteiger partial charge in [0.05, 0.1) is 18.1 Å². The van der Waals surface area contributed by atoms with Crippen LogP contribution in [0.1, 0.15) is 18.1 Å². The molecule has 0 heterocycles. The highest BCUT2D eigenvalue weighted by Gasteiger charge is 2.10. The Labute approximate surface area is 93.0 Å². The topological polar surface area (TPSA) is 26.3 Å². The molecular formula is C11H12ClFO2. The molecule has 82 valence electrons. The minimum absolute atomic E-state index is 0.0695. The Morgan fingerprint density at radius 1 is 1.53 bits per heavy atom. The van der Waals surface area contributed by atoms with E-state index in [4.69, 9.17) is 16.3 Å². The van der Waals surface area contributed by atoms with Gasteiger partial charge in [0, 0.05) is 0 Å². The van der Waals surface area contributed by atoms with E-state index in [1.807, 2.05) is 0 Å². The van der Waals surface area contributed by atoms with Gasteiger partial charge in [-0.15, -0.1) is 0 Å². The van der Waals surface area contributed by atoms with Crippen molar-refractivity contribution in [3.63, 3.8) is 0 Å². The number of hydrogen-bond donors (Lipinski definition) is 0. The van der Waals surface area contributed by atoms with E-state index in [-0.39, 0.29) is 17.4 Å². The van der Waals surface area contributed by atoms with Crippen LogP contribution >= 0.6 is 11.6 Å². The molecule has 0 aromatic heterocycles. The smallest absolute Gasteiger partial charge is 0.310 e.